The van der Waals surface area contributed by atoms with Gasteiger partial charge in [-0.05, 0) is 31.7 Å². The lowest BCUT2D eigenvalue weighted by Crippen LogP contribution is -2.41. The Balaban J connectivity index is 1.94. The Kier molecular flexibility index (Phi) is 7.73. The minimum atomic E-state index is -0.205. The standard InChI is InChI=1S/C20H24Cl4N2O/c21-15-11-14(16(22)18(24)17(15)23)19(25-12-7-3-1-4-8-12)20(27)26-13-9-5-2-6-10-13/h11-13H,1-10H2,(H,26,27). The maximum absolute atomic E-state index is 13.1. The predicted molar refractivity (Wildman–Crippen MR) is 115 cm³/mol. The molecule has 1 N–H and O–H groups in total. The van der Waals surface area contributed by atoms with E-state index in [1.54, 1.807) is 6.07 Å². The highest BCUT2D eigenvalue weighted by molar-refractivity contribution is 6.55. The van der Waals surface area contributed by atoms with Crippen molar-refractivity contribution in [3.8, 4) is 0 Å². The summed E-state index contributed by atoms with van der Waals surface area (Å²) in [6.07, 6.45) is 10.9. The van der Waals surface area contributed by atoms with Crippen LogP contribution in [-0.2, 0) is 4.79 Å². The minimum absolute atomic E-state index is 0.121. The van der Waals surface area contributed by atoms with E-state index in [1.165, 1.54) is 12.8 Å². The summed E-state index contributed by atoms with van der Waals surface area (Å²) in [6, 6.07) is 1.90. The molecular formula is C20H24Cl4N2O. The van der Waals surface area contributed by atoms with Gasteiger partial charge in [0.1, 0.15) is 5.71 Å². The highest BCUT2D eigenvalue weighted by Crippen LogP contribution is 2.39. The van der Waals surface area contributed by atoms with Crippen molar-refractivity contribution in [3.63, 3.8) is 0 Å². The van der Waals surface area contributed by atoms with Gasteiger partial charge in [0, 0.05) is 11.6 Å². The lowest BCUT2D eigenvalue weighted by atomic mass is 9.94. The fourth-order valence-corrected chi connectivity index (χ4v) is 4.78. The highest BCUT2D eigenvalue weighted by Gasteiger charge is 2.26. The van der Waals surface area contributed by atoms with Crippen molar-refractivity contribution in [2.24, 2.45) is 4.99 Å². The van der Waals surface area contributed by atoms with Crippen LogP contribution in [0.25, 0.3) is 0 Å². The number of aliphatic imine (C=N–C) groups is 1. The van der Waals surface area contributed by atoms with Crippen LogP contribution in [0, 0.1) is 0 Å². The normalized spacial score (nSPS) is 19.9. The molecule has 27 heavy (non-hydrogen) atoms. The molecule has 0 aromatic heterocycles. The Morgan fingerprint density at radius 1 is 0.852 bits per heavy atom. The van der Waals surface area contributed by atoms with Crippen LogP contribution in [0.15, 0.2) is 11.1 Å². The van der Waals surface area contributed by atoms with Gasteiger partial charge in [-0.2, -0.15) is 0 Å². The summed E-state index contributed by atoms with van der Waals surface area (Å²) in [7, 11) is 0. The molecule has 3 rings (SSSR count). The number of benzene rings is 1. The van der Waals surface area contributed by atoms with E-state index in [0.717, 1.165) is 51.4 Å². The minimum Gasteiger partial charge on any atom is -0.348 e. The van der Waals surface area contributed by atoms with Gasteiger partial charge in [0.15, 0.2) is 0 Å². The number of hydrogen-bond acceptors (Lipinski definition) is 2. The van der Waals surface area contributed by atoms with Gasteiger partial charge in [0.25, 0.3) is 5.91 Å². The number of amides is 1. The zero-order valence-electron chi connectivity index (χ0n) is 15.2. The van der Waals surface area contributed by atoms with Crippen molar-refractivity contribution >= 4 is 58.0 Å². The summed E-state index contributed by atoms with van der Waals surface area (Å²) in [4.78, 5) is 17.9. The maximum atomic E-state index is 13.1. The molecule has 0 saturated heterocycles. The number of nitrogens with zero attached hydrogens (tertiary/aromatic N) is 1. The molecular weight excluding hydrogens is 426 g/mol. The fraction of sp³-hybridized carbons (Fsp3) is 0.600. The number of carbonyl (C=O) groups excluding carboxylic acids is 1. The monoisotopic (exact) mass is 448 g/mol. The van der Waals surface area contributed by atoms with Crippen molar-refractivity contribution in [2.75, 3.05) is 0 Å². The topological polar surface area (TPSA) is 41.5 Å². The number of carbonyl (C=O) groups is 1. The smallest absolute Gasteiger partial charge is 0.270 e. The van der Waals surface area contributed by atoms with Crippen LogP contribution in [-0.4, -0.2) is 23.7 Å². The Bertz CT molecular complexity index is 723. The van der Waals surface area contributed by atoms with E-state index in [4.69, 9.17) is 51.4 Å². The second-order valence-electron chi connectivity index (χ2n) is 7.43. The summed E-state index contributed by atoms with van der Waals surface area (Å²) < 4.78 is 0. The van der Waals surface area contributed by atoms with E-state index in [1.807, 2.05) is 0 Å². The Morgan fingerprint density at radius 2 is 1.44 bits per heavy atom. The first-order valence-electron chi connectivity index (χ1n) is 9.69. The molecule has 2 fully saturated rings. The number of halogens is 4. The van der Waals surface area contributed by atoms with Crippen molar-refractivity contribution in [1.29, 1.82) is 0 Å². The van der Waals surface area contributed by atoms with Gasteiger partial charge in [-0.1, -0.05) is 84.9 Å². The van der Waals surface area contributed by atoms with Crippen molar-refractivity contribution in [2.45, 2.75) is 76.3 Å². The van der Waals surface area contributed by atoms with E-state index in [0.29, 0.717) is 11.3 Å². The second-order valence-corrected chi connectivity index (χ2v) is 8.97. The first kappa shape index (κ1) is 21.2. The zero-order valence-corrected chi connectivity index (χ0v) is 18.2. The summed E-state index contributed by atoms with van der Waals surface area (Å²) in [5.74, 6) is -0.205. The third-order valence-corrected chi connectivity index (χ3v) is 7.15. The molecule has 0 spiro atoms. The van der Waals surface area contributed by atoms with E-state index in [-0.39, 0.29) is 38.1 Å². The molecule has 7 heteroatoms. The lowest BCUT2D eigenvalue weighted by molar-refractivity contribution is -0.115. The average molecular weight is 450 g/mol. The second kappa shape index (κ2) is 9.82. The summed E-state index contributed by atoms with van der Waals surface area (Å²) in [5, 5.41) is 3.98. The van der Waals surface area contributed by atoms with Crippen LogP contribution in [0.1, 0.15) is 69.8 Å². The summed E-state index contributed by atoms with van der Waals surface area (Å²) in [5.41, 5.74) is 0.771. The Hall–Kier alpha value is -0.480. The highest BCUT2D eigenvalue weighted by atomic mass is 35.5. The van der Waals surface area contributed by atoms with Crippen LogP contribution in [0.2, 0.25) is 20.1 Å². The quantitative estimate of drug-likeness (QED) is 0.304. The van der Waals surface area contributed by atoms with Crippen LogP contribution >= 0.6 is 46.4 Å². The van der Waals surface area contributed by atoms with Crippen molar-refractivity contribution in [3.05, 3.63) is 31.7 Å². The van der Waals surface area contributed by atoms with E-state index < -0.39 is 0 Å². The third-order valence-electron chi connectivity index (χ3n) is 5.40. The molecule has 0 radical (unpaired) electrons. The fourth-order valence-electron chi connectivity index (χ4n) is 3.89. The van der Waals surface area contributed by atoms with Crippen LogP contribution in [0.3, 0.4) is 0 Å². The average Bonchev–Trinajstić information content (AvgIpc) is 2.69. The number of nitrogens with one attached hydrogen (secondary N) is 1. The molecule has 0 bridgehead atoms. The van der Waals surface area contributed by atoms with Crippen LogP contribution in [0.4, 0.5) is 0 Å². The van der Waals surface area contributed by atoms with E-state index in [9.17, 15) is 4.79 Å². The summed E-state index contributed by atoms with van der Waals surface area (Å²) in [6.45, 7) is 0. The Morgan fingerprint density at radius 3 is 2.07 bits per heavy atom. The molecule has 1 aromatic rings. The van der Waals surface area contributed by atoms with Gasteiger partial charge in [-0.25, -0.2) is 0 Å². The molecule has 2 saturated carbocycles. The molecule has 1 aromatic carbocycles. The molecule has 2 aliphatic rings. The SMILES string of the molecule is O=C(NC1CCCCC1)C(=NC1CCCCC1)c1cc(Cl)c(Cl)c(Cl)c1Cl. The van der Waals surface area contributed by atoms with Gasteiger partial charge in [-0.15, -0.1) is 0 Å². The number of hydrogen-bond donors (Lipinski definition) is 1. The summed E-state index contributed by atoms with van der Waals surface area (Å²) >= 11 is 25.0. The number of rotatable bonds is 4. The van der Waals surface area contributed by atoms with Crippen molar-refractivity contribution < 1.29 is 4.79 Å². The molecule has 148 valence electrons. The molecule has 0 heterocycles. The molecule has 0 atom stereocenters. The third kappa shape index (κ3) is 5.32. The first-order valence-corrected chi connectivity index (χ1v) is 11.2. The first-order chi connectivity index (χ1) is 13.0. The largest absolute Gasteiger partial charge is 0.348 e. The predicted octanol–water partition coefficient (Wildman–Crippen LogP) is 6.87. The van der Waals surface area contributed by atoms with Crippen LogP contribution < -0.4 is 5.32 Å². The molecule has 0 aliphatic heterocycles. The van der Waals surface area contributed by atoms with Gasteiger partial charge in [0.05, 0.1) is 26.1 Å². The van der Waals surface area contributed by atoms with E-state index >= 15 is 0 Å². The molecule has 0 unspecified atom stereocenters. The molecule has 3 nitrogen and oxygen atoms in total. The zero-order chi connectivity index (χ0) is 19.4. The van der Waals surface area contributed by atoms with Gasteiger partial charge >= 0.3 is 0 Å². The van der Waals surface area contributed by atoms with Crippen LogP contribution in [0.5, 0.6) is 0 Å². The van der Waals surface area contributed by atoms with Crippen molar-refractivity contribution in [1.82, 2.24) is 5.32 Å². The van der Waals surface area contributed by atoms with Gasteiger partial charge < -0.3 is 5.32 Å². The molecule has 1 amide bonds. The lowest BCUT2D eigenvalue weighted by Gasteiger charge is -2.24. The Labute approximate surface area is 180 Å². The molecule has 2 aliphatic carbocycles. The van der Waals surface area contributed by atoms with Gasteiger partial charge in [0.2, 0.25) is 0 Å². The van der Waals surface area contributed by atoms with E-state index in [2.05, 4.69) is 5.32 Å². The maximum Gasteiger partial charge on any atom is 0.270 e. The van der Waals surface area contributed by atoms with Gasteiger partial charge in [-0.3, -0.25) is 9.79 Å².